The van der Waals surface area contributed by atoms with Crippen molar-refractivity contribution < 1.29 is 18.0 Å². The number of amides is 1. The zero-order valence-electron chi connectivity index (χ0n) is 21.0. The highest BCUT2D eigenvalue weighted by atomic mass is 35.5. The molecule has 208 valence electrons. The van der Waals surface area contributed by atoms with E-state index in [9.17, 15) is 18.0 Å². The summed E-state index contributed by atoms with van der Waals surface area (Å²) in [4.78, 5) is 29.2. The van der Waals surface area contributed by atoms with Gasteiger partial charge in [0.15, 0.2) is 5.82 Å². The van der Waals surface area contributed by atoms with Gasteiger partial charge in [0.05, 0.1) is 21.5 Å². The SMILES string of the molecule is CCCc1cc2c(N3CCn4c(nnc4C(F)(F)F)C3)nc(N3CC[C@H](NC(=O)C4=CCC(Cl)S4)C3)nc2s1. The molecular weight excluding hydrogens is 573 g/mol. The normalized spacial score (nSPS) is 21.5. The second-order valence-electron chi connectivity index (χ2n) is 9.78. The van der Waals surface area contributed by atoms with Crippen LogP contribution in [-0.2, 0) is 30.5 Å². The Kier molecular flexibility index (Phi) is 7.12. The van der Waals surface area contributed by atoms with Crippen molar-refractivity contribution in [2.45, 2.75) is 62.6 Å². The van der Waals surface area contributed by atoms with E-state index in [-0.39, 0.29) is 35.6 Å². The number of carbonyl (C=O) groups excluding carboxylic acids is 1. The predicted octanol–water partition coefficient (Wildman–Crippen LogP) is 4.55. The lowest BCUT2D eigenvalue weighted by Crippen LogP contribution is -2.38. The maximum absolute atomic E-state index is 13.4. The van der Waals surface area contributed by atoms with Crippen molar-refractivity contribution in [2.24, 2.45) is 0 Å². The Morgan fingerprint density at radius 2 is 2.05 bits per heavy atom. The largest absolute Gasteiger partial charge is 0.451 e. The van der Waals surface area contributed by atoms with Gasteiger partial charge in [-0.25, -0.2) is 4.98 Å². The van der Waals surface area contributed by atoms with E-state index >= 15 is 0 Å². The Balaban J connectivity index is 1.26. The summed E-state index contributed by atoms with van der Waals surface area (Å²) in [5.41, 5.74) is 0. The highest BCUT2D eigenvalue weighted by molar-refractivity contribution is 8.05. The molecule has 0 radical (unpaired) electrons. The average Bonchev–Trinajstić information content (AvgIpc) is 3.68. The fourth-order valence-corrected chi connectivity index (χ4v) is 7.46. The smallest absolute Gasteiger partial charge is 0.347 e. The van der Waals surface area contributed by atoms with Crippen LogP contribution >= 0.6 is 34.7 Å². The summed E-state index contributed by atoms with van der Waals surface area (Å²) < 4.78 is 41.1. The van der Waals surface area contributed by atoms with Gasteiger partial charge in [-0.3, -0.25) is 4.79 Å². The van der Waals surface area contributed by atoms with Crippen LogP contribution in [0.5, 0.6) is 0 Å². The topological polar surface area (TPSA) is 92.1 Å². The van der Waals surface area contributed by atoms with Crippen LogP contribution in [0.2, 0.25) is 0 Å². The number of fused-ring (bicyclic) bond motifs is 2. The lowest BCUT2D eigenvalue weighted by atomic mass is 10.2. The Bertz CT molecular complexity index is 1440. The summed E-state index contributed by atoms with van der Waals surface area (Å²) in [6.07, 6.45) is 0.647. The number of hydrogen-bond donors (Lipinski definition) is 1. The Morgan fingerprint density at radius 1 is 1.21 bits per heavy atom. The number of aromatic nitrogens is 5. The molecule has 3 aromatic heterocycles. The van der Waals surface area contributed by atoms with Crippen LogP contribution in [-0.4, -0.2) is 61.0 Å². The molecule has 15 heteroatoms. The number of thiophene rings is 1. The Morgan fingerprint density at radius 3 is 2.79 bits per heavy atom. The van der Waals surface area contributed by atoms with Gasteiger partial charge in [0.2, 0.25) is 11.8 Å². The molecule has 2 atom stereocenters. The molecule has 1 amide bonds. The maximum Gasteiger partial charge on any atom is 0.451 e. The third kappa shape index (κ3) is 5.30. The molecule has 1 unspecified atom stereocenters. The minimum absolute atomic E-state index is 0.0514. The van der Waals surface area contributed by atoms with E-state index in [0.29, 0.717) is 42.7 Å². The monoisotopic (exact) mass is 598 g/mol. The number of hydrogen-bond acceptors (Lipinski definition) is 9. The standard InChI is InChI=1S/C24H26ClF3N8OS2/c1-2-3-14-10-15-19(34-8-9-36-18(12-34)32-33-22(36)24(26,27)28)30-23(31-21(15)38-14)35-7-6-13(11-35)29-20(37)16-4-5-17(25)39-16/h4,10,13,17H,2-3,5-9,11-12H2,1H3,(H,29,37)/t13-,17?/m0/s1. The number of nitrogens with zero attached hydrogens (tertiary/aromatic N) is 7. The molecule has 1 saturated heterocycles. The van der Waals surface area contributed by atoms with Crippen molar-refractivity contribution in [3.05, 3.63) is 33.6 Å². The second-order valence-corrected chi connectivity index (χ2v) is 12.9. The first-order valence-corrected chi connectivity index (χ1v) is 14.9. The van der Waals surface area contributed by atoms with E-state index < -0.39 is 12.0 Å². The summed E-state index contributed by atoms with van der Waals surface area (Å²) in [7, 11) is 0. The van der Waals surface area contributed by atoms with Crippen molar-refractivity contribution >= 4 is 62.6 Å². The van der Waals surface area contributed by atoms with Gasteiger partial charge in [0.1, 0.15) is 10.6 Å². The predicted molar refractivity (Wildman–Crippen MR) is 146 cm³/mol. The molecule has 3 aliphatic rings. The molecule has 3 aliphatic heterocycles. The number of aryl methyl sites for hydroxylation is 1. The molecule has 0 spiro atoms. The number of anilines is 2. The van der Waals surface area contributed by atoms with Crippen molar-refractivity contribution in [2.75, 3.05) is 29.4 Å². The zero-order valence-corrected chi connectivity index (χ0v) is 23.4. The zero-order chi connectivity index (χ0) is 27.3. The third-order valence-electron chi connectivity index (χ3n) is 6.99. The van der Waals surface area contributed by atoms with Crippen LogP contribution in [0.4, 0.5) is 24.9 Å². The van der Waals surface area contributed by atoms with E-state index in [0.717, 1.165) is 34.0 Å². The Labute approximate surface area is 235 Å². The highest BCUT2D eigenvalue weighted by Crippen LogP contribution is 2.37. The molecule has 39 heavy (non-hydrogen) atoms. The van der Waals surface area contributed by atoms with Gasteiger partial charge in [-0.2, -0.15) is 18.2 Å². The highest BCUT2D eigenvalue weighted by Gasteiger charge is 2.40. The first-order chi connectivity index (χ1) is 18.7. The lowest BCUT2D eigenvalue weighted by molar-refractivity contribution is -0.147. The summed E-state index contributed by atoms with van der Waals surface area (Å²) in [6, 6.07) is 2.04. The van der Waals surface area contributed by atoms with Gasteiger partial charge in [-0.05, 0) is 25.3 Å². The Hall–Kier alpha value is -2.58. The van der Waals surface area contributed by atoms with Gasteiger partial charge in [0, 0.05) is 37.1 Å². The van der Waals surface area contributed by atoms with E-state index in [2.05, 4.69) is 33.4 Å². The van der Waals surface area contributed by atoms with Gasteiger partial charge in [-0.1, -0.05) is 19.4 Å². The molecule has 3 aromatic rings. The van der Waals surface area contributed by atoms with Gasteiger partial charge >= 0.3 is 6.18 Å². The fourth-order valence-electron chi connectivity index (χ4n) is 5.14. The van der Waals surface area contributed by atoms with Crippen molar-refractivity contribution in [3.8, 4) is 0 Å². The van der Waals surface area contributed by atoms with Crippen LogP contribution in [0.3, 0.4) is 0 Å². The van der Waals surface area contributed by atoms with E-state index in [4.69, 9.17) is 21.6 Å². The van der Waals surface area contributed by atoms with E-state index in [1.807, 2.05) is 11.0 Å². The molecule has 0 aliphatic carbocycles. The number of rotatable bonds is 6. The molecule has 9 nitrogen and oxygen atoms in total. The molecule has 0 bridgehead atoms. The van der Waals surface area contributed by atoms with E-state index in [1.54, 1.807) is 11.3 Å². The minimum atomic E-state index is -4.55. The summed E-state index contributed by atoms with van der Waals surface area (Å²) in [5.74, 6) is 0.422. The van der Waals surface area contributed by atoms with Crippen LogP contribution in [0.25, 0.3) is 10.2 Å². The van der Waals surface area contributed by atoms with Crippen LogP contribution in [0.15, 0.2) is 17.0 Å². The van der Waals surface area contributed by atoms with Crippen molar-refractivity contribution in [1.29, 1.82) is 0 Å². The van der Waals surface area contributed by atoms with E-state index in [1.165, 1.54) is 16.6 Å². The maximum atomic E-state index is 13.4. The average molecular weight is 599 g/mol. The molecule has 1 fully saturated rings. The summed E-state index contributed by atoms with van der Waals surface area (Å²) in [5, 5.41) is 11.2. The van der Waals surface area contributed by atoms with Crippen LogP contribution < -0.4 is 15.1 Å². The summed E-state index contributed by atoms with van der Waals surface area (Å²) in [6.45, 7) is 3.97. The lowest BCUT2D eigenvalue weighted by Gasteiger charge is -2.30. The minimum Gasteiger partial charge on any atom is -0.347 e. The summed E-state index contributed by atoms with van der Waals surface area (Å²) >= 11 is 9.10. The van der Waals surface area contributed by atoms with Gasteiger partial charge in [-0.15, -0.1) is 44.9 Å². The first kappa shape index (κ1) is 26.6. The van der Waals surface area contributed by atoms with Gasteiger partial charge in [0.25, 0.3) is 5.91 Å². The quantitative estimate of drug-likeness (QED) is 0.413. The fraction of sp³-hybridized carbons (Fsp3) is 0.542. The number of carbonyl (C=O) groups is 1. The third-order valence-corrected chi connectivity index (χ3v) is 9.58. The van der Waals surface area contributed by atoms with Gasteiger partial charge < -0.3 is 19.7 Å². The number of nitrogens with one attached hydrogen (secondary N) is 1. The van der Waals surface area contributed by atoms with Crippen molar-refractivity contribution in [1.82, 2.24) is 30.0 Å². The molecule has 6 rings (SSSR count). The number of allylic oxidation sites excluding steroid dienone is 1. The first-order valence-electron chi connectivity index (χ1n) is 12.8. The molecule has 6 heterocycles. The van der Waals surface area contributed by atoms with Crippen LogP contribution in [0, 0.1) is 0 Å². The number of halogens is 4. The number of alkyl halides is 4. The molecule has 0 aromatic carbocycles. The van der Waals surface area contributed by atoms with Crippen molar-refractivity contribution in [3.63, 3.8) is 0 Å². The van der Waals surface area contributed by atoms with Crippen LogP contribution in [0.1, 0.15) is 42.7 Å². The number of thioether (sulfide) groups is 1. The molecular formula is C24H26ClF3N8OS2. The molecule has 1 N–H and O–H groups in total. The molecule has 0 saturated carbocycles. The second kappa shape index (κ2) is 10.4.